The molecule has 0 aromatic heterocycles. The van der Waals surface area contributed by atoms with E-state index in [0.29, 0.717) is 6.10 Å². The summed E-state index contributed by atoms with van der Waals surface area (Å²) < 4.78 is 7.44. The Hall–Kier alpha value is -0.540. The van der Waals surface area contributed by atoms with E-state index in [4.69, 9.17) is 4.74 Å². The van der Waals surface area contributed by atoms with Gasteiger partial charge < -0.3 is 10.1 Å². The molecule has 1 aliphatic carbocycles. The Bertz CT molecular complexity index is 425. The van der Waals surface area contributed by atoms with Crippen molar-refractivity contribution in [2.24, 2.45) is 11.8 Å². The first-order valence-corrected chi connectivity index (χ1v) is 8.54. The van der Waals surface area contributed by atoms with Crippen LogP contribution in [0.1, 0.15) is 45.6 Å². The summed E-state index contributed by atoms with van der Waals surface area (Å²) in [6.07, 6.45) is 4.03. The highest BCUT2D eigenvalue weighted by molar-refractivity contribution is 9.10. The molecule has 0 heterocycles. The zero-order chi connectivity index (χ0) is 14.5. The van der Waals surface area contributed by atoms with Crippen LogP contribution in [-0.4, -0.2) is 12.6 Å². The number of para-hydroxylation sites is 1. The predicted molar refractivity (Wildman–Crippen MR) is 88.1 cm³/mol. The van der Waals surface area contributed by atoms with Crippen LogP contribution in [0.25, 0.3) is 0 Å². The van der Waals surface area contributed by atoms with E-state index in [-0.39, 0.29) is 0 Å². The third-order valence-corrected chi connectivity index (χ3v) is 4.66. The Morgan fingerprint density at radius 1 is 1.20 bits per heavy atom. The molecule has 0 aliphatic heterocycles. The lowest BCUT2D eigenvalue weighted by molar-refractivity contribution is 0.0992. The fraction of sp³-hybridized carbons (Fsp3) is 0.647. The highest BCUT2D eigenvalue weighted by atomic mass is 79.9. The average molecular weight is 340 g/mol. The molecule has 0 bridgehead atoms. The van der Waals surface area contributed by atoms with Gasteiger partial charge in [-0.2, -0.15) is 0 Å². The van der Waals surface area contributed by atoms with Crippen LogP contribution in [0.3, 0.4) is 0 Å². The molecule has 2 rings (SSSR count). The van der Waals surface area contributed by atoms with Crippen LogP contribution in [0.2, 0.25) is 0 Å². The van der Waals surface area contributed by atoms with Gasteiger partial charge in [-0.3, -0.25) is 0 Å². The first-order valence-electron chi connectivity index (χ1n) is 7.74. The number of nitrogens with one attached hydrogen (secondary N) is 1. The van der Waals surface area contributed by atoms with E-state index < -0.39 is 0 Å². The summed E-state index contributed by atoms with van der Waals surface area (Å²) in [5, 5.41) is 3.39. The van der Waals surface area contributed by atoms with Crippen molar-refractivity contribution in [2.75, 3.05) is 6.54 Å². The van der Waals surface area contributed by atoms with E-state index in [1.54, 1.807) is 0 Å². The van der Waals surface area contributed by atoms with E-state index in [2.05, 4.69) is 60.2 Å². The van der Waals surface area contributed by atoms with Gasteiger partial charge in [0.1, 0.15) is 5.75 Å². The third-order valence-electron chi connectivity index (χ3n) is 4.03. The molecule has 3 heteroatoms. The van der Waals surface area contributed by atoms with Crippen LogP contribution >= 0.6 is 15.9 Å². The fourth-order valence-corrected chi connectivity index (χ4v) is 3.72. The zero-order valence-corrected chi connectivity index (χ0v) is 14.4. The van der Waals surface area contributed by atoms with Crippen LogP contribution in [0.5, 0.6) is 5.75 Å². The number of rotatable bonds is 5. The second-order valence-corrected chi connectivity index (χ2v) is 7.02. The molecule has 2 unspecified atom stereocenters. The van der Waals surface area contributed by atoms with E-state index >= 15 is 0 Å². The third kappa shape index (κ3) is 4.23. The lowest BCUT2D eigenvalue weighted by Crippen LogP contribution is -2.29. The zero-order valence-electron chi connectivity index (χ0n) is 12.8. The molecule has 1 aromatic carbocycles. The molecule has 1 aliphatic rings. The molecule has 2 atom stereocenters. The molecule has 2 nitrogen and oxygen atoms in total. The molecule has 0 amide bonds. The van der Waals surface area contributed by atoms with Gasteiger partial charge in [0.15, 0.2) is 0 Å². The summed E-state index contributed by atoms with van der Waals surface area (Å²) in [6, 6.07) is 6.30. The van der Waals surface area contributed by atoms with Crippen molar-refractivity contribution in [2.45, 2.75) is 52.7 Å². The average Bonchev–Trinajstić information content (AvgIpc) is 2.38. The Labute approximate surface area is 131 Å². The predicted octanol–water partition coefficient (Wildman–Crippen LogP) is 4.76. The highest BCUT2D eigenvalue weighted by Crippen LogP contribution is 2.35. The van der Waals surface area contributed by atoms with Gasteiger partial charge in [0, 0.05) is 12.1 Å². The summed E-state index contributed by atoms with van der Waals surface area (Å²) in [4.78, 5) is 0. The van der Waals surface area contributed by atoms with Crippen molar-refractivity contribution in [3.8, 4) is 5.75 Å². The van der Waals surface area contributed by atoms with Gasteiger partial charge in [-0.25, -0.2) is 0 Å². The number of halogens is 1. The van der Waals surface area contributed by atoms with E-state index in [9.17, 15) is 0 Å². The van der Waals surface area contributed by atoms with Crippen LogP contribution in [0.4, 0.5) is 0 Å². The van der Waals surface area contributed by atoms with Crippen molar-refractivity contribution >= 4 is 15.9 Å². The number of benzene rings is 1. The van der Waals surface area contributed by atoms with Gasteiger partial charge in [-0.05, 0) is 59.6 Å². The monoisotopic (exact) mass is 339 g/mol. The molecule has 20 heavy (non-hydrogen) atoms. The number of hydrogen-bond donors (Lipinski definition) is 1. The lowest BCUT2D eigenvalue weighted by Gasteiger charge is -2.32. The first kappa shape index (κ1) is 15.8. The van der Waals surface area contributed by atoms with Gasteiger partial charge in [-0.1, -0.05) is 32.9 Å². The summed E-state index contributed by atoms with van der Waals surface area (Å²) in [5.74, 6) is 2.56. The maximum absolute atomic E-state index is 6.37. The van der Waals surface area contributed by atoms with Gasteiger partial charge >= 0.3 is 0 Å². The van der Waals surface area contributed by atoms with Crippen LogP contribution in [0.15, 0.2) is 22.7 Å². The molecule has 0 spiro atoms. The first-order chi connectivity index (χ1) is 9.60. The van der Waals surface area contributed by atoms with Crippen molar-refractivity contribution in [3.63, 3.8) is 0 Å². The Kier molecular flexibility index (Phi) is 5.91. The Balaban J connectivity index is 2.11. The van der Waals surface area contributed by atoms with Crippen molar-refractivity contribution in [3.05, 3.63) is 28.2 Å². The smallest absolute Gasteiger partial charge is 0.138 e. The minimum Gasteiger partial charge on any atom is -0.489 e. The van der Waals surface area contributed by atoms with Crippen LogP contribution in [0, 0.1) is 11.8 Å². The van der Waals surface area contributed by atoms with Gasteiger partial charge in [0.25, 0.3) is 0 Å². The molecule has 1 aromatic rings. The highest BCUT2D eigenvalue weighted by Gasteiger charge is 2.26. The van der Waals surface area contributed by atoms with Crippen LogP contribution < -0.4 is 10.1 Å². The van der Waals surface area contributed by atoms with Crippen molar-refractivity contribution < 1.29 is 4.74 Å². The van der Waals surface area contributed by atoms with Crippen LogP contribution in [-0.2, 0) is 6.54 Å². The minimum absolute atomic E-state index is 0.354. The maximum Gasteiger partial charge on any atom is 0.138 e. The summed E-state index contributed by atoms with van der Waals surface area (Å²) in [7, 11) is 0. The molecule has 0 saturated heterocycles. The largest absolute Gasteiger partial charge is 0.489 e. The van der Waals surface area contributed by atoms with Gasteiger partial charge in [-0.15, -0.1) is 0 Å². The maximum atomic E-state index is 6.37. The van der Waals surface area contributed by atoms with Crippen molar-refractivity contribution in [1.29, 1.82) is 0 Å². The fourth-order valence-electron chi connectivity index (χ4n) is 3.22. The topological polar surface area (TPSA) is 21.3 Å². The van der Waals surface area contributed by atoms with Gasteiger partial charge in [0.2, 0.25) is 0 Å². The quantitative estimate of drug-likeness (QED) is 0.834. The summed E-state index contributed by atoms with van der Waals surface area (Å²) in [5.41, 5.74) is 1.24. The summed E-state index contributed by atoms with van der Waals surface area (Å²) >= 11 is 3.64. The van der Waals surface area contributed by atoms with Gasteiger partial charge in [0.05, 0.1) is 10.6 Å². The SMILES string of the molecule is CCNCc1cccc(Br)c1OC1CC(C)CC(C)C1. The second-order valence-electron chi connectivity index (χ2n) is 6.17. The van der Waals surface area contributed by atoms with E-state index in [1.807, 2.05) is 0 Å². The number of ether oxygens (including phenoxy) is 1. The molecule has 0 radical (unpaired) electrons. The molecule has 1 fully saturated rings. The number of hydrogen-bond acceptors (Lipinski definition) is 2. The normalized spacial score (nSPS) is 26.5. The van der Waals surface area contributed by atoms with Crippen molar-refractivity contribution in [1.82, 2.24) is 5.32 Å². The Morgan fingerprint density at radius 2 is 1.90 bits per heavy atom. The molecule has 1 saturated carbocycles. The van der Waals surface area contributed by atoms with E-state index in [0.717, 1.165) is 35.1 Å². The van der Waals surface area contributed by atoms with E-state index in [1.165, 1.54) is 24.8 Å². The lowest BCUT2D eigenvalue weighted by atomic mass is 9.82. The molecular weight excluding hydrogens is 314 g/mol. The second kappa shape index (κ2) is 7.46. The molecule has 1 N–H and O–H groups in total. The molecular formula is C17H26BrNO. The summed E-state index contributed by atoms with van der Waals surface area (Å²) in [6.45, 7) is 8.65. The Morgan fingerprint density at radius 3 is 2.55 bits per heavy atom. The standard InChI is InChI=1S/C17H26BrNO/c1-4-19-11-14-6-5-7-16(18)17(14)20-15-9-12(2)8-13(3)10-15/h5-7,12-13,15,19H,4,8-11H2,1-3H3. The minimum atomic E-state index is 0.354. The molecule has 112 valence electrons.